The highest BCUT2D eigenvalue weighted by Gasteiger charge is 2.25. The molecule has 1 amide bonds. The van der Waals surface area contributed by atoms with Crippen LogP contribution in [0.2, 0.25) is 0 Å². The number of carbonyl (C=O) groups is 1. The number of amides is 1. The minimum atomic E-state index is 0.242. The van der Waals surface area contributed by atoms with Crippen molar-refractivity contribution in [3.63, 3.8) is 0 Å². The number of thiophene rings is 1. The van der Waals surface area contributed by atoms with Gasteiger partial charge in [-0.15, -0.1) is 11.3 Å². The molecule has 0 aliphatic carbocycles. The number of fused-ring (bicyclic) bond motifs is 2. The molecule has 2 aromatic heterocycles. The van der Waals surface area contributed by atoms with E-state index >= 15 is 0 Å². The normalized spacial score (nSPS) is 18.4. The van der Waals surface area contributed by atoms with Gasteiger partial charge in [-0.3, -0.25) is 9.69 Å². The molecule has 110 valence electrons. The predicted molar refractivity (Wildman–Crippen MR) is 80.9 cm³/mol. The zero-order valence-electron chi connectivity index (χ0n) is 11.9. The minimum absolute atomic E-state index is 0.242. The van der Waals surface area contributed by atoms with Crippen molar-refractivity contribution in [3.05, 3.63) is 40.1 Å². The highest BCUT2D eigenvalue weighted by molar-refractivity contribution is 7.10. The molecule has 2 aliphatic rings. The quantitative estimate of drug-likeness (QED) is 0.841. The van der Waals surface area contributed by atoms with Gasteiger partial charge in [0.2, 0.25) is 5.91 Å². The van der Waals surface area contributed by atoms with E-state index < -0.39 is 0 Å². The van der Waals surface area contributed by atoms with Crippen LogP contribution >= 0.6 is 11.3 Å². The summed E-state index contributed by atoms with van der Waals surface area (Å²) in [6.45, 7) is 4.77. The van der Waals surface area contributed by atoms with Gasteiger partial charge in [0.1, 0.15) is 5.82 Å². The standard InChI is InChI=1S/C15H18N4OS/c20-15(19-4-1-13-12(9-19)2-8-21-13)11-17-6-7-18-5-3-16-14(18)10-17/h2-3,5,8H,1,4,6-7,9-11H2. The minimum Gasteiger partial charge on any atom is -0.337 e. The molecular weight excluding hydrogens is 284 g/mol. The Morgan fingerprint density at radius 1 is 1.29 bits per heavy atom. The molecular formula is C15H18N4OS. The van der Waals surface area contributed by atoms with Gasteiger partial charge >= 0.3 is 0 Å². The number of hydrogen-bond donors (Lipinski definition) is 0. The number of imidazole rings is 1. The number of carbonyl (C=O) groups excluding carboxylic acids is 1. The Labute approximate surface area is 127 Å². The van der Waals surface area contributed by atoms with Gasteiger partial charge in [0.15, 0.2) is 0 Å². The monoisotopic (exact) mass is 302 g/mol. The Hall–Kier alpha value is -1.66. The summed E-state index contributed by atoms with van der Waals surface area (Å²) < 4.78 is 2.17. The van der Waals surface area contributed by atoms with Crippen molar-refractivity contribution in [2.75, 3.05) is 19.6 Å². The lowest BCUT2D eigenvalue weighted by Gasteiger charge is -2.31. The van der Waals surface area contributed by atoms with Crippen LogP contribution < -0.4 is 0 Å². The first-order chi connectivity index (χ1) is 10.3. The van der Waals surface area contributed by atoms with E-state index in [1.54, 1.807) is 0 Å². The van der Waals surface area contributed by atoms with Crippen LogP contribution in [0.3, 0.4) is 0 Å². The van der Waals surface area contributed by atoms with Crippen LogP contribution in [0.15, 0.2) is 23.8 Å². The molecule has 0 saturated heterocycles. The van der Waals surface area contributed by atoms with Crippen molar-refractivity contribution in [2.45, 2.75) is 26.1 Å². The first kappa shape index (κ1) is 13.0. The maximum Gasteiger partial charge on any atom is 0.237 e. The Morgan fingerprint density at radius 2 is 2.24 bits per heavy atom. The van der Waals surface area contributed by atoms with Crippen LogP contribution in [-0.4, -0.2) is 44.9 Å². The Kier molecular flexibility index (Phi) is 3.27. The Bertz CT molecular complexity index is 662. The fourth-order valence-corrected chi connectivity index (χ4v) is 4.00. The van der Waals surface area contributed by atoms with E-state index in [0.717, 1.165) is 45.0 Å². The predicted octanol–water partition coefficient (Wildman–Crippen LogP) is 1.35. The molecule has 2 aliphatic heterocycles. The number of hydrogen-bond acceptors (Lipinski definition) is 4. The molecule has 4 rings (SSSR count). The molecule has 0 aromatic carbocycles. The van der Waals surface area contributed by atoms with Crippen LogP contribution in [0.25, 0.3) is 0 Å². The summed E-state index contributed by atoms with van der Waals surface area (Å²) in [6, 6.07) is 2.15. The van der Waals surface area contributed by atoms with Crippen molar-refractivity contribution >= 4 is 17.2 Å². The Balaban J connectivity index is 1.39. The van der Waals surface area contributed by atoms with E-state index in [-0.39, 0.29) is 5.91 Å². The van der Waals surface area contributed by atoms with Crippen molar-refractivity contribution in [3.8, 4) is 0 Å². The van der Waals surface area contributed by atoms with Crippen molar-refractivity contribution in [1.82, 2.24) is 19.4 Å². The van der Waals surface area contributed by atoms with Crippen LogP contribution in [-0.2, 0) is 30.8 Å². The van der Waals surface area contributed by atoms with Crippen molar-refractivity contribution in [2.24, 2.45) is 0 Å². The Morgan fingerprint density at radius 3 is 3.19 bits per heavy atom. The number of rotatable bonds is 2. The lowest BCUT2D eigenvalue weighted by atomic mass is 10.1. The fourth-order valence-electron chi connectivity index (χ4n) is 3.11. The molecule has 0 bridgehead atoms. The average molecular weight is 302 g/mol. The summed E-state index contributed by atoms with van der Waals surface area (Å²) >= 11 is 1.81. The second-order valence-corrected chi connectivity index (χ2v) is 6.68. The van der Waals surface area contributed by atoms with Crippen molar-refractivity contribution < 1.29 is 4.79 Å². The van der Waals surface area contributed by atoms with Crippen LogP contribution in [0.1, 0.15) is 16.3 Å². The van der Waals surface area contributed by atoms with Gasteiger partial charge in [0.25, 0.3) is 0 Å². The SMILES string of the molecule is O=C(CN1CCn2ccnc2C1)N1CCc2sccc2C1. The second-order valence-electron chi connectivity index (χ2n) is 5.68. The molecule has 0 spiro atoms. The maximum absolute atomic E-state index is 12.5. The smallest absolute Gasteiger partial charge is 0.237 e. The highest BCUT2D eigenvalue weighted by Crippen LogP contribution is 2.24. The molecule has 0 unspecified atom stereocenters. The third-order valence-electron chi connectivity index (χ3n) is 4.34. The molecule has 0 atom stereocenters. The zero-order chi connectivity index (χ0) is 14.2. The maximum atomic E-state index is 12.5. The van der Waals surface area contributed by atoms with E-state index in [0.29, 0.717) is 6.54 Å². The van der Waals surface area contributed by atoms with Gasteiger partial charge in [0.05, 0.1) is 13.1 Å². The topological polar surface area (TPSA) is 41.4 Å². The summed E-state index contributed by atoms with van der Waals surface area (Å²) in [5.41, 5.74) is 1.33. The number of nitrogens with zero attached hydrogens (tertiary/aromatic N) is 4. The van der Waals surface area contributed by atoms with Gasteiger partial charge < -0.3 is 9.47 Å². The van der Waals surface area contributed by atoms with Crippen LogP contribution in [0.5, 0.6) is 0 Å². The molecule has 0 fully saturated rings. The zero-order valence-corrected chi connectivity index (χ0v) is 12.7. The van der Waals surface area contributed by atoms with E-state index in [2.05, 4.69) is 25.9 Å². The molecule has 4 heterocycles. The molecule has 0 radical (unpaired) electrons. The highest BCUT2D eigenvalue weighted by atomic mass is 32.1. The third-order valence-corrected chi connectivity index (χ3v) is 5.37. The van der Waals surface area contributed by atoms with Crippen molar-refractivity contribution in [1.29, 1.82) is 0 Å². The summed E-state index contributed by atoms with van der Waals surface area (Å²) in [6.07, 6.45) is 4.85. The van der Waals surface area contributed by atoms with Gasteiger partial charge in [-0.2, -0.15) is 0 Å². The third kappa shape index (κ3) is 2.49. The van der Waals surface area contributed by atoms with Gasteiger partial charge in [-0.05, 0) is 23.4 Å². The first-order valence-corrected chi connectivity index (χ1v) is 8.23. The molecule has 2 aromatic rings. The van der Waals surface area contributed by atoms with Gasteiger partial charge in [0, 0.05) is 43.4 Å². The van der Waals surface area contributed by atoms with E-state index in [4.69, 9.17) is 0 Å². The lowest BCUT2D eigenvalue weighted by molar-refractivity contribution is -0.133. The largest absolute Gasteiger partial charge is 0.337 e. The lowest BCUT2D eigenvalue weighted by Crippen LogP contribution is -2.44. The molecule has 6 heteroatoms. The summed E-state index contributed by atoms with van der Waals surface area (Å²) in [7, 11) is 0. The fraction of sp³-hybridized carbons (Fsp3) is 0.467. The first-order valence-electron chi connectivity index (χ1n) is 7.35. The molecule has 5 nitrogen and oxygen atoms in total. The summed E-state index contributed by atoms with van der Waals surface area (Å²) in [5.74, 6) is 1.31. The second kappa shape index (κ2) is 5.27. The van der Waals surface area contributed by atoms with E-state index in [9.17, 15) is 4.79 Å². The average Bonchev–Trinajstić information content (AvgIpc) is 3.14. The summed E-state index contributed by atoms with van der Waals surface area (Å²) in [5, 5.41) is 2.13. The van der Waals surface area contributed by atoms with Gasteiger partial charge in [-0.1, -0.05) is 0 Å². The van der Waals surface area contributed by atoms with E-state index in [1.165, 1.54) is 10.4 Å². The van der Waals surface area contributed by atoms with Crippen LogP contribution in [0, 0.1) is 0 Å². The molecule has 0 N–H and O–H groups in total. The molecule has 21 heavy (non-hydrogen) atoms. The van der Waals surface area contributed by atoms with Crippen LogP contribution in [0.4, 0.5) is 0 Å². The van der Waals surface area contributed by atoms with Gasteiger partial charge in [-0.25, -0.2) is 4.98 Å². The number of aromatic nitrogens is 2. The molecule has 0 saturated carbocycles. The summed E-state index contributed by atoms with van der Waals surface area (Å²) in [4.78, 5) is 22.5. The van der Waals surface area contributed by atoms with E-state index in [1.807, 2.05) is 28.6 Å².